The Kier molecular flexibility index (Phi) is 12.1. The Balaban J connectivity index is 1.93. The van der Waals surface area contributed by atoms with Gasteiger partial charge in [0.05, 0.1) is 10.7 Å². The standard InChI is InChI=1S/C20H35ClN2/c1-2-3-4-5-6-7-8-9-10-11-12-13-14-18-15-16-19(21)20(17-18)23-22/h15-17,23H,2-14,22H2,1H3. The summed E-state index contributed by atoms with van der Waals surface area (Å²) in [5.41, 5.74) is 4.79. The fourth-order valence-corrected chi connectivity index (χ4v) is 3.18. The first-order chi connectivity index (χ1) is 11.3. The predicted molar refractivity (Wildman–Crippen MR) is 104 cm³/mol. The molecule has 0 unspecified atom stereocenters. The Morgan fingerprint density at radius 3 is 1.87 bits per heavy atom. The van der Waals surface area contributed by atoms with Crippen LogP contribution in [0.15, 0.2) is 18.2 Å². The van der Waals surface area contributed by atoms with Gasteiger partial charge in [0, 0.05) is 0 Å². The molecule has 0 fully saturated rings. The summed E-state index contributed by atoms with van der Waals surface area (Å²) in [6.45, 7) is 2.28. The number of rotatable bonds is 14. The summed E-state index contributed by atoms with van der Waals surface area (Å²) in [4.78, 5) is 0. The van der Waals surface area contributed by atoms with E-state index in [9.17, 15) is 0 Å². The number of hydrazine groups is 1. The van der Waals surface area contributed by atoms with E-state index in [1.807, 2.05) is 6.07 Å². The van der Waals surface area contributed by atoms with Crippen LogP contribution in [-0.4, -0.2) is 0 Å². The molecule has 3 heteroatoms. The zero-order valence-electron chi connectivity index (χ0n) is 14.9. The number of nitrogens with one attached hydrogen (secondary N) is 1. The van der Waals surface area contributed by atoms with Gasteiger partial charge in [0.15, 0.2) is 0 Å². The van der Waals surface area contributed by atoms with E-state index in [0.29, 0.717) is 5.02 Å². The van der Waals surface area contributed by atoms with Crippen molar-refractivity contribution >= 4 is 17.3 Å². The molecule has 1 rings (SSSR count). The van der Waals surface area contributed by atoms with Crippen LogP contribution in [0.5, 0.6) is 0 Å². The molecule has 1 aromatic rings. The number of halogens is 1. The fourth-order valence-electron chi connectivity index (χ4n) is 3.01. The molecule has 3 N–H and O–H groups in total. The third-order valence-electron chi connectivity index (χ3n) is 4.51. The Bertz CT molecular complexity index is 407. The molecule has 0 heterocycles. The number of nitrogens with two attached hydrogens (primary N) is 1. The number of anilines is 1. The van der Waals surface area contributed by atoms with Crippen molar-refractivity contribution in [2.24, 2.45) is 5.84 Å². The van der Waals surface area contributed by atoms with Crippen molar-refractivity contribution in [3.8, 4) is 0 Å². The highest BCUT2D eigenvalue weighted by Gasteiger charge is 2.00. The third-order valence-corrected chi connectivity index (χ3v) is 4.83. The van der Waals surface area contributed by atoms with Crippen LogP contribution < -0.4 is 11.3 Å². The molecule has 2 nitrogen and oxygen atoms in total. The van der Waals surface area contributed by atoms with E-state index in [4.69, 9.17) is 17.4 Å². The molecular formula is C20H35ClN2. The van der Waals surface area contributed by atoms with Crippen molar-refractivity contribution in [1.29, 1.82) is 0 Å². The molecule has 0 radical (unpaired) electrons. The smallest absolute Gasteiger partial charge is 0.0674 e. The lowest BCUT2D eigenvalue weighted by atomic mass is 10.0. The summed E-state index contributed by atoms with van der Waals surface area (Å²) in [6.07, 6.45) is 17.8. The SMILES string of the molecule is CCCCCCCCCCCCCCc1ccc(Cl)c(NN)c1. The van der Waals surface area contributed by atoms with E-state index in [1.165, 1.54) is 82.6 Å². The van der Waals surface area contributed by atoms with E-state index in [0.717, 1.165) is 12.1 Å². The largest absolute Gasteiger partial charge is 0.323 e. The second kappa shape index (κ2) is 13.7. The fraction of sp³-hybridized carbons (Fsp3) is 0.700. The molecule has 0 saturated carbocycles. The van der Waals surface area contributed by atoms with Crippen molar-refractivity contribution in [3.05, 3.63) is 28.8 Å². The van der Waals surface area contributed by atoms with Crippen molar-refractivity contribution in [2.45, 2.75) is 90.4 Å². The molecule has 0 amide bonds. The van der Waals surface area contributed by atoms with Crippen LogP contribution in [0.3, 0.4) is 0 Å². The first kappa shape index (κ1) is 20.3. The maximum absolute atomic E-state index is 6.03. The van der Waals surface area contributed by atoms with Crippen LogP contribution in [0.1, 0.15) is 89.5 Å². The van der Waals surface area contributed by atoms with Crippen LogP contribution in [0, 0.1) is 0 Å². The van der Waals surface area contributed by atoms with Gasteiger partial charge in [-0.05, 0) is 30.5 Å². The van der Waals surface area contributed by atoms with Gasteiger partial charge in [0.25, 0.3) is 0 Å². The zero-order chi connectivity index (χ0) is 16.8. The highest BCUT2D eigenvalue weighted by molar-refractivity contribution is 6.33. The zero-order valence-corrected chi connectivity index (χ0v) is 15.6. The Hall–Kier alpha value is -0.730. The van der Waals surface area contributed by atoms with Gasteiger partial charge in [-0.3, -0.25) is 5.84 Å². The van der Waals surface area contributed by atoms with E-state index in [1.54, 1.807) is 0 Å². The van der Waals surface area contributed by atoms with Crippen LogP contribution >= 0.6 is 11.6 Å². The number of nitrogen functional groups attached to an aromatic ring is 1. The van der Waals surface area contributed by atoms with Crippen molar-refractivity contribution in [3.63, 3.8) is 0 Å². The van der Waals surface area contributed by atoms with E-state index in [-0.39, 0.29) is 0 Å². The molecular weight excluding hydrogens is 304 g/mol. The molecule has 0 bridgehead atoms. The van der Waals surface area contributed by atoms with Gasteiger partial charge >= 0.3 is 0 Å². The van der Waals surface area contributed by atoms with E-state index in [2.05, 4.69) is 24.5 Å². The van der Waals surface area contributed by atoms with Crippen molar-refractivity contribution in [1.82, 2.24) is 0 Å². The summed E-state index contributed by atoms with van der Waals surface area (Å²) in [6, 6.07) is 6.08. The number of benzene rings is 1. The molecule has 0 aliphatic carbocycles. The van der Waals surface area contributed by atoms with E-state index >= 15 is 0 Å². The van der Waals surface area contributed by atoms with Crippen LogP contribution in [0.2, 0.25) is 5.02 Å². The number of hydrogen-bond donors (Lipinski definition) is 2. The summed E-state index contributed by atoms with van der Waals surface area (Å²) in [5.74, 6) is 5.45. The first-order valence-corrected chi connectivity index (χ1v) is 9.90. The van der Waals surface area contributed by atoms with Gasteiger partial charge in [-0.2, -0.15) is 0 Å². The summed E-state index contributed by atoms with van der Waals surface area (Å²) in [7, 11) is 0. The minimum Gasteiger partial charge on any atom is -0.323 e. The minimum absolute atomic E-state index is 0.686. The highest BCUT2D eigenvalue weighted by atomic mass is 35.5. The normalized spacial score (nSPS) is 10.9. The van der Waals surface area contributed by atoms with Crippen LogP contribution in [0.25, 0.3) is 0 Å². The molecule has 0 saturated heterocycles. The molecule has 0 spiro atoms. The molecule has 132 valence electrons. The Labute approximate surface area is 148 Å². The predicted octanol–water partition coefficient (Wildman–Crippen LogP) is 6.87. The molecule has 0 atom stereocenters. The second-order valence-electron chi connectivity index (χ2n) is 6.60. The lowest BCUT2D eigenvalue weighted by Crippen LogP contribution is -2.07. The quantitative estimate of drug-likeness (QED) is 0.220. The van der Waals surface area contributed by atoms with Crippen LogP contribution in [0.4, 0.5) is 5.69 Å². The first-order valence-electron chi connectivity index (χ1n) is 9.53. The van der Waals surface area contributed by atoms with Crippen molar-refractivity contribution in [2.75, 3.05) is 5.43 Å². The van der Waals surface area contributed by atoms with Gasteiger partial charge in [-0.25, -0.2) is 0 Å². The minimum atomic E-state index is 0.686. The Morgan fingerprint density at radius 1 is 0.826 bits per heavy atom. The maximum atomic E-state index is 6.03. The van der Waals surface area contributed by atoms with Gasteiger partial charge in [-0.1, -0.05) is 95.2 Å². The van der Waals surface area contributed by atoms with Gasteiger partial charge < -0.3 is 5.43 Å². The number of unbranched alkanes of at least 4 members (excludes halogenated alkanes) is 11. The average molecular weight is 339 g/mol. The molecule has 1 aromatic carbocycles. The lowest BCUT2D eigenvalue weighted by molar-refractivity contribution is 0.544. The third kappa shape index (κ3) is 9.88. The summed E-state index contributed by atoms with van der Waals surface area (Å²) < 4.78 is 0. The van der Waals surface area contributed by atoms with Gasteiger partial charge in [-0.15, -0.1) is 0 Å². The molecule has 0 aliphatic heterocycles. The summed E-state index contributed by atoms with van der Waals surface area (Å²) >= 11 is 6.03. The topological polar surface area (TPSA) is 38.0 Å². The number of hydrogen-bond acceptors (Lipinski definition) is 2. The van der Waals surface area contributed by atoms with Crippen molar-refractivity contribution < 1.29 is 0 Å². The van der Waals surface area contributed by atoms with Crippen LogP contribution in [-0.2, 0) is 6.42 Å². The maximum Gasteiger partial charge on any atom is 0.0674 e. The second-order valence-corrected chi connectivity index (χ2v) is 7.00. The number of aryl methyl sites for hydroxylation is 1. The van der Waals surface area contributed by atoms with Gasteiger partial charge in [0.2, 0.25) is 0 Å². The van der Waals surface area contributed by atoms with E-state index < -0.39 is 0 Å². The Morgan fingerprint density at radius 2 is 1.35 bits per heavy atom. The van der Waals surface area contributed by atoms with Gasteiger partial charge in [0.1, 0.15) is 0 Å². The average Bonchev–Trinajstić information content (AvgIpc) is 2.57. The monoisotopic (exact) mass is 338 g/mol. The summed E-state index contributed by atoms with van der Waals surface area (Å²) in [5, 5.41) is 0.686. The molecule has 23 heavy (non-hydrogen) atoms. The lowest BCUT2D eigenvalue weighted by Gasteiger charge is -2.07. The highest BCUT2D eigenvalue weighted by Crippen LogP contribution is 2.23. The molecule has 0 aliphatic rings. The molecule has 0 aromatic heterocycles.